The first-order valence-electron chi connectivity index (χ1n) is 12.5. The summed E-state index contributed by atoms with van der Waals surface area (Å²) in [6, 6.07) is 36.1. The fourth-order valence-electron chi connectivity index (χ4n) is 4.33. The van der Waals surface area contributed by atoms with Crippen LogP contribution >= 0.6 is 11.6 Å². The Hall–Kier alpha value is -3.89. The second kappa shape index (κ2) is 13.4. The number of aryl methyl sites for hydroxylation is 1. The van der Waals surface area contributed by atoms with E-state index in [-0.39, 0.29) is 11.8 Å². The maximum absolute atomic E-state index is 13.7. The fourth-order valence-corrected chi connectivity index (χ4v) is 4.46. The summed E-state index contributed by atoms with van der Waals surface area (Å²) in [7, 11) is 0. The Morgan fingerprint density at radius 1 is 0.676 bits per heavy atom. The molecule has 4 nitrogen and oxygen atoms in total. The Bertz CT molecular complexity index is 1260. The molecule has 0 aliphatic rings. The summed E-state index contributed by atoms with van der Waals surface area (Å²) < 4.78 is 0. The number of benzene rings is 4. The van der Waals surface area contributed by atoms with Gasteiger partial charge in [0.25, 0.3) is 0 Å². The van der Waals surface area contributed by atoms with Crippen molar-refractivity contribution in [3.8, 4) is 0 Å². The predicted octanol–water partition coefficient (Wildman–Crippen LogP) is 6.40. The van der Waals surface area contributed by atoms with E-state index < -0.39 is 6.04 Å². The van der Waals surface area contributed by atoms with Gasteiger partial charge in [-0.2, -0.15) is 0 Å². The van der Waals surface area contributed by atoms with Gasteiger partial charge in [-0.3, -0.25) is 9.59 Å². The number of hydrogen-bond donors (Lipinski definition) is 1. The third-order valence-corrected chi connectivity index (χ3v) is 6.54. The number of rotatable bonds is 11. The monoisotopic (exact) mass is 510 g/mol. The van der Waals surface area contributed by atoms with Crippen LogP contribution in [0.15, 0.2) is 115 Å². The molecule has 37 heavy (non-hydrogen) atoms. The molecule has 0 bridgehead atoms. The van der Waals surface area contributed by atoms with Crippen LogP contribution in [-0.4, -0.2) is 23.3 Å². The largest absolute Gasteiger partial charge is 0.354 e. The topological polar surface area (TPSA) is 49.4 Å². The van der Waals surface area contributed by atoms with Crippen molar-refractivity contribution in [1.82, 2.24) is 10.2 Å². The maximum atomic E-state index is 13.7. The van der Waals surface area contributed by atoms with Crippen LogP contribution in [0.3, 0.4) is 0 Å². The molecule has 2 amide bonds. The standard InChI is InChI=1S/C32H31ClN2O2/c33-29-19-16-27(17-20-29)24-35(30(36)21-18-25-10-4-1-5-11-25)31(28-14-8-3-9-15-28)32(37)34-23-22-26-12-6-2-7-13-26/h1-17,19-20,31H,18,21-24H2,(H,34,37). The second-order valence-corrected chi connectivity index (χ2v) is 9.41. The van der Waals surface area contributed by atoms with Gasteiger partial charge in [-0.15, -0.1) is 0 Å². The summed E-state index contributed by atoms with van der Waals surface area (Å²) in [5, 5.41) is 3.71. The summed E-state index contributed by atoms with van der Waals surface area (Å²) >= 11 is 6.10. The zero-order valence-electron chi connectivity index (χ0n) is 20.7. The minimum Gasteiger partial charge on any atom is -0.354 e. The Morgan fingerprint density at radius 3 is 1.81 bits per heavy atom. The van der Waals surface area contributed by atoms with Crippen molar-refractivity contribution in [2.75, 3.05) is 6.54 Å². The van der Waals surface area contributed by atoms with Crippen LogP contribution in [-0.2, 0) is 29.0 Å². The lowest BCUT2D eigenvalue weighted by molar-refractivity contribution is -0.141. The molecule has 5 heteroatoms. The first kappa shape index (κ1) is 26.2. The average Bonchev–Trinajstić information content (AvgIpc) is 2.94. The highest BCUT2D eigenvalue weighted by Gasteiger charge is 2.31. The fraction of sp³-hybridized carbons (Fsp3) is 0.188. The molecule has 0 fully saturated rings. The second-order valence-electron chi connectivity index (χ2n) is 8.97. The minimum atomic E-state index is -0.754. The van der Waals surface area contributed by atoms with E-state index >= 15 is 0 Å². The first-order chi connectivity index (χ1) is 18.1. The lowest BCUT2D eigenvalue weighted by Crippen LogP contribution is -2.44. The lowest BCUT2D eigenvalue weighted by Gasteiger charge is -2.32. The number of carbonyl (C=O) groups excluding carboxylic acids is 2. The van der Waals surface area contributed by atoms with Crippen molar-refractivity contribution in [2.24, 2.45) is 0 Å². The molecule has 0 aliphatic heterocycles. The molecule has 0 aromatic heterocycles. The zero-order chi connectivity index (χ0) is 25.9. The zero-order valence-corrected chi connectivity index (χ0v) is 21.5. The Balaban J connectivity index is 1.58. The van der Waals surface area contributed by atoms with Gasteiger partial charge in [-0.05, 0) is 47.2 Å². The molecule has 0 aliphatic carbocycles. The predicted molar refractivity (Wildman–Crippen MR) is 149 cm³/mol. The van der Waals surface area contributed by atoms with Crippen molar-refractivity contribution in [3.05, 3.63) is 143 Å². The molecule has 4 rings (SSSR count). The van der Waals surface area contributed by atoms with Crippen LogP contribution in [0.25, 0.3) is 0 Å². The molecule has 0 radical (unpaired) electrons. The third kappa shape index (κ3) is 7.80. The Labute approximate surface area is 223 Å². The molecule has 1 unspecified atom stereocenters. The van der Waals surface area contributed by atoms with E-state index in [0.717, 1.165) is 22.3 Å². The third-order valence-electron chi connectivity index (χ3n) is 6.29. The SMILES string of the molecule is O=C(NCCc1ccccc1)C(c1ccccc1)N(Cc1ccc(Cl)cc1)C(=O)CCc1ccccc1. The van der Waals surface area contributed by atoms with Crippen LogP contribution in [0.2, 0.25) is 5.02 Å². The summed E-state index contributed by atoms with van der Waals surface area (Å²) in [5.41, 5.74) is 3.93. The molecular formula is C32H31ClN2O2. The van der Waals surface area contributed by atoms with E-state index in [1.165, 1.54) is 0 Å². The molecule has 188 valence electrons. The molecule has 0 heterocycles. The molecule has 1 N–H and O–H groups in total. The van der Waals surface area contributed by atoms with Crippen molar-refractivity contribution < 1.29 is 9.59 Å². The highest BCUT2D eigenvalue weighted by atomic mass is 35.5. The van der Waals surface area contributed by atoms with Gasteiger partial charge in [0, 0.05) is 24.5 Å². The van der Waals surface area contributed by atoms with E-state index in [1.807, 2.05) is 103 Å². The Morgan fingerprint density at radius 2 is 1.22 bits per heavy atom. The molecule has 4 aromatic rings. The van der Waals surface area contributed by atoms with Crippen molar-refractivity contribution in [3.63, 3.8) is 0 Å². The molecule has 0 spiro atoms. The van der Waals surface area contributed by atoms with Crippen LogP contribution in [0, 0.1) is 0 Å². The number of amides is 2. The summed E-state index contributed by atoms with van der Waals surface area (Å²) in [6.07, 6.45) is 1.62. The lowest BCUT2D eigenvalue weighted by atomic mass is 10.0. The van der Waals surface area contributed by atoms with E-state index in [2.05, 4.69) is 5.32 Å². The van der Waals surface area contributed by atoms with E-state index in [9.17, 15) is 9.59 Å². The van der Waals surface area contributed by atoms with E-state index in [4.69, 9.17) is 11.6 Å². The normalized spacial score (nSPS) is 11.5. The quantitative estimate of drug-likeness (QED) is 0.254. The van der Waals surface area contributed by atoms with Crippen molar-refractivity contribution >= 4 is 23.4 Å². The van der Waals surface area contributed by atoms with Gasteiger partial charge >= 0.3 is 0 Å². The molecule has 4 aromatic carbocycles. The number of halogens is 1. The Kier molecular flexibility index (Phi) is 9.50. The number of nitrogens with one attached hydrogen (secondary N) is 1. The van der Waals surface area contributed by atoms with Gasteiger partial charge in [0.05, 0.1) is 0 Å². The number of hydrogen-bond acceptors (Lipinski definition) is 2. The van der Waals surface area contributed by atoms with Crippen LogP contribution in [0.1, 0.15) is 34.7 Å². The molecule has 0 saturated heterocycles. The van der Waals surface area contributed by atoms with Crippen LogP contribution < -0.4 is 5.32 Å². The molecule has 1 atom stereocenters. The number of nitrogens with zero attached hydrogens (tertiary/aromatic N) is 1. The summed E-state index contributed by atoms with van der Waals surface area (Å²) in [6.45, 7) is 0.787. The van der Waals surface area contributed by atoms with Gasteiger partial charge < -0.3 is 10.2 Å². The first-order valence-corrected chi connectivity index (χ1v) is 12.9. The van der Waals surface area contributed by atoms with E-state index in [0.29, 0.717) is 37.4 Å². The highest BCUT2D eigenvalue weighted by molar-refractivity contribution is 6.30. The maximum Gasteiger partial charge on any atom is 0.247 e. The summed E-state index contributed by atoms with van der Waals surface area (Å²) in [4.78, 5) is 29.1. The van der Waals surface area contributed by atoms with Crippen LogP contribution in [0.5, 0.6) is 0 Å². The van der Waals surface area contributed by atoms with Gasteiger partial charge in [0.1, 0.15) is 6.04 Å². The molecule has 0 saturated carbocycles. The highest BCUT2D eigenvalue weighted by Crippen LogP contribution is 2.25. The van der Waals surface area contributed by atoms with Gasteiger partial charge in [-0.25, -0.2) is 0 Å². The molecular weight excluding hydrogens is 480 g/mol. The summed E-state index contributed by atoms with van der Waals surface area (Å²) in [5.74, 6) is -0.268. The minimum absolute atomic E-state index is 0.0779. The van der Waals surface area contributed by atoms with Gasteiger partial charge in [-0.1, -0.05) is 115 Å². The van der Waals surface area contributed by atoms with Crippen molar-refractivity contribution in [2.45, 2.75) is 31.8 Å². The van der Waals surface area contributed by atoms with Gasteiger partial charge in [0.15, 0.2) is 0 Å². The smallest absolute Gasteiger partial charge is 0.247 e. The number of carbonyl (C=O) groups is 2. The van der Waals surface area contributed by atoms with E-state index in [1.54, 1.807) is 17.0 Å². The average molecular weight is 511 g/mol. The van der Waals surface area contributed by atoms with Crippen LogP contribution in [0.4, 0.5) is 0 Å². The van der Waals surface area contributed by atoms with Crippen molar-refractivity contribution in [1.29, 1.82) is 0 Å². The van der Waals surface area contributed by atoms with Gasteiger partial charge in [0.2, 0.25) is 11.8 Å².